The number of carboxylic acid groups (broad SMARTS) is 1. The van der Waals surface area contributed by atoms with E-state index in [2.05, 4.69) is 11.9 Å². The van der Waals surface area contributed by atoms with E-state index in [1.54, 1.807) is 19.0 Å². The molecule has 0 aliphatic carbocycles. The number of rotatable bonds is 5. The van der Waals surface area contributed by atoms with Gasteiger partial charge in [-0.15, -0.1) is 0 Å². The van der Waals surface area contributed by atoms with Gasteiger partial charge < -0.3 is 19.8 Å². The molecule has 1 aliphatic rings. The second-order valence-electron chi connectivity index (χ2n) is 5.15. The van der Waals surface area contributed by atoms with Crippen LogP contribution in [0.1, 0.15) is 12.8 Å². The first-order valence-electron chi connectivity index (χ1n) is 6.26. The van der Waals surface area contributed by atoms with Crippen molar-refractivity contribution in [3.63, 3.8) is 0 Å². The van der Waals surface area contributed by atoms with Crippen molar-refractivity contribution in [1.29, 1.82) is 0 Å². The molecule has 6 heteroatoms. The van der Waals surface area contributed by atoms with Crippen molar-refractivity contribution in [3.05, 3.63) is 0 Å². The van der Waals surface area contributed by atoms with E-state index < -0.39 is 5.97 Å². The third kappa shape index (κ3) is 4.52. The summed E-state index contributed by atoms with van der Waals surface area (Å²) in [6.45, 7) is 3.10. The minimum Gasteiger partial charge on any atom is -0.481 e. The Bertz CT molecular complexity index is 309. The van der Waals surface area contributed by atoms with E-state index in [0.717, 1.165) is 26.1 Å². The van der Waals surface area contributed by atoms with Gasteiger partial charge in [-0.05, 0) is 25.9 Å². The zero-order chi connectivity index (χ0) is 13.7. The van der Waals surface area contributed by atoms with Crippen LogP contribution < -0.4 is 0 Å². The van der Waals surface area contributed by atoms with Crippen molar-refractivity contribution in [2.75, 3.05) is 47.3 Å². The summed E-state index contributed by atoms with van der Waals surface area (Å²) in [6.07, 6.45) is 1.11. The van der Waals surface area contributed by atoms with Crippen molar-refractivity contribution >= 4 is 12.0 Å². The van der Waals surface area contributed by atoms with Crippen LogP contribution in [0.5, 0.6) is 0 Å². The second-order valence-corrected chi connectivity index (χ2v) is 5.15. The van der Waals surface area contributed by atoms with Crippen LogP contribution in [0.25, 0.3) is 0 Å². The van der Waals surface area contributed by atoms with E-state index in [4.69, 9.17) is 5.11 Å². The summed E-state index contributed by atoms with van der Waals surface area (Å²) in [7, 11) is 5.50. The van der Waals surface area contributed by atoms with Crippen LogP contribution in [0.3, 0.4) is 0 Å². The highest BCUT2D eigenvalue weighted by Gasteiger charge is 2.23. The van der Waals surface area contributed by atoms with Crippen LogP contribution in [0.2, 0.25) is 0 Å². The van der Waals surface area contributed by atoms with Gasteiger partial charge >= 0.3 is 12.0 Å². The number of hydrogen-bond acceptors (Lipinski definition) is 3. The van der Waals surface area contributed by atoms with E-state index in [-0.39, 0.29) is 19.0 Å². The van der Waals surface area contributed by atoms with E-state index in [0.29, 0.717) is 5.92 Å². The Labute approximate surface area is 108 Å². The Balaban J connectivity index is 2.33. The van der Waals surface area contributed by atoms with Gasteiger partial charge in [0.25, 0.3) is 0 Å². The van der Waals surface area contributed by atoms with Gasteiger partial charge in [0.2, 0.25) is 0 Å². The largest absolute Gasteiger partial charge is 0.481 e. The molecule has 1 heterocycles. The first-order valence-corrected chi connectivity index (χ1v) is 6.26. The highest BCUT2D eigenvalue weighted by atomic mass is 16.4. The van der Waals surface area contributed by atoms with Gasteiger partial charge in [0, 0.05) is 33.7 Å². The number of carbonyl (C=O) groups excluding carboxylic acids is 1. The minimum absolute atomic E-state index is 0.0117. The predicted molar refractivity (Wildman–Crippen MR) is 68.5 cm³/mol. The molecule has 1 atom stereocenters. The molecule has 1 saturated heterocycles. The third-order valence-electron chi connectivity index (χ3n) is 3.34. The number of amides is 2. The maximum Gasteiger partial charge on any atom is 0.319 e. The van der Waals surface area contributed by atoms with Gasteiger partial charge in [-0.1, -0.05) is 0 Å². The van der Waals surface area contributed by atoms with Crippen molar-refractivity contribution in [3.8, 4) is 0 Å². The van der Waals surface area contributed by atoms with Gasteiger partial charge in [-0.3, -0.25) is 4.79 Å². The van der Waals surface area contributed by atoms with Gasteiger partial charge in [-0.25, -0.2) is 4.79 Å². The Morgan fingerprint density at radius 2 is 2.00 bits per heavy atom. The predicted octanol–water partition coefficient (Wildman–Crippen LogP) is 0.396. The summed E-state index contributed by atoms with van der Waals surface area (Å²) >= 11 is 0. The Hall–Kier alpha value is -1.30. The van der Waals surface area contributed by atoms with Crippen LogP contribution in [0.15, 0.2) is 0 Å². The number of aliphatic carboxylic acids is 1. The van der Waals surface area contributed by atoms with E-state index in [1.807, 2.05) is 0 Å². The van der Waals surface area contributed by atoms with Crippen molar-refractivity contribution in [2.24, 2.45) is 5.92 Å². The lowest BCUT2D eigenvalue weighted by Gasteiger charge is -2.26. The highest BCUT2D eigenvalue weighted by Crippen LogP contribution is 2.15. The van der Waals surface area contributed by atoms with Crippen LogP contribution in [0.4, 0.5) is 4.79 Å². The molecule has 104 valence electrons. The van der Waals surface area contributed by atoms with Crippen molar-refractivity contribution in [2.45, 2.75) is 12.8 Å². The van der Waals surface area contributed by atoms with E-state index in [9.17, 15) is 9.59 Å². The highest BCUT2D eigenvalue weighted by molar-refractivity contribution is 5.75. The SMILES string of the molecule is CN1CCC(CN(C)C(=O)N(C)CCC(=O)O)C1. The number of hydrogen-bond donors (Lipinski definition) is 1. The molecular formula is C12H23N3O3. The molecule has 1 fully saturated rings. The Kier molecular flexibility index (Phi) is 5.40. The van der Waals surface area contributed by atoms with Gasteiger partial charge in [0.05, 0.1) is 6.42 Å². The molecular weight excluding hydrogens is 234 g/mol. The van der Waals surface area contributed by atoms with Crippen molar-refractivity contribution in [1.82, 2.24) is 14.7 Å². The molecule has 0 aromatic heterocycles. The summed E-state index contributed by atoms with van der Waals surface area (Å²) < 4.78 is 0. The molecule has 1 unspecified atom stereocenters. The first-order chi connectivity index (χ1) is 8.40. The molecule has 0 bridgehead atoms. The zero-order valence-corrected chi connectivity index (χ0v) is 11.4. The molecule has 18 heavy (non-hydrogen) atoms. The maximum absolute atomic E-state index is 12.0. The molecule has 2 amide bonds. The molecule has 1 rings (SSSR count). The first kappa shape index (κ1) is 14.8. The molecule has 0 spiro atoms. The Morgan fingerprint density at radius 3 is 2.50 bits per heavy atom. The average Bonchev–Trinajstić information content (AvgIpc) is 2.70. The number of likely N-dealkylation sites (tertiary alicyclic amines) is 1. The lowest BCUT2D eigenvalue weighted by atomic mass is 10.1. The molecule has 0 saturated carbocycles. The average molecular weight is 257 g/mol. The van der Waals surface area contributed by atoms with Crippen LogP contribution in [0, 0.1) is 5.92 Å². The smallest absolute Gasteiger partial charge is 0.319 e. The van der Waals surface area contributed by atoms with Crippen molar-refractivity contribution < 1.29 is 14.7 Å². The van der Waals surface area contributed by atoms with Crippen LogP contribution >= 0.6 is 0 Å². The fourth-order valence-electron chi connectivity index (χ4n) is 2.29. The fraction of sp³-hybridized carbons (Fsp3) is 0.833. The molecule has 1 N–H and O–H groups in total. The lowest BCUT2D eigenvalue weighted by Crippen LogP contribution is -2.42. The van der Waals surface area contributed by atoms with Gasteiger partial charge in [0.15, 0.2) is 0 Å². The van der Waals surface area contributed by atoms with Crippen LogP contribution in [-0.4, -0.2) is 79.1 Å². The quantitative estimate of drug-likeness (QED) is 0.774. The summed E-state index contributed by atoms with van der Waals surface area (Å²) in [5.41, 5.74) is 0. The summed E-state index contributed by atoms with van der Waals surface area (Å²) in [5, 5.41) is 8.58. The number of carboxylic acids is 1. The minimum atomic E-state index is -0.880. The maximum atomic E-state index is 12.0. The standard InChI is InChI=1S/C12H23N3O3/c1-13-6-4-10(8-13)9-15(3)12(18)14(2)7-5-11(16)17/h10H,4-9H2,1-3H3,(H,16,17). The Morgan fingerprint density at radius 1 is 1.33 bits per heavy atom. The molecule has 0 radical (unpaired) electrons. The normalized spacial score (nSPS) is 19.8. The van der Waals surface area contributed by atoms with Gasteiger partial charge in [0.1, 0.15) is 0 Å². The molecule has 1 aliphatic heterocycles. The summed E-state index contributed by atoms with van der Waals surface area (Å²) in [5.74, 6) is -0.355. The number of carbonyl (C=O) groups is 2. The monoisotopic (exact) mass is 257 g/mol. The summed E-state index contributed by atoms with van der Waals surface area (Å²) in [6, 6.07) is -0.106. The molecule has 6 nitrogen and oxygen atoms in total. The lowest BCUT2D eigenvalue weighted by molar-refractivity contribution is -0.137. The fourth-order valence-corrected chi connectivity index (χ4v) is 2.29. The number of nitrogens with zero attached hydrogens (tertiary/aromatic N) is 3. The van der Waals surface area contributed by atoms with Gasteiger partial charge in [-0.2, -0.15) is 0 Å². The zero-order valence-electron chi connectivity index (χ0n) is 11.4. The molecule has 0 aromatic carbocycles. The second kappa shape index (κ2) is 6.58. The topological polar surface area (TPSA) is 64.1 Å². The van der Waals surface area contributed by atoms with E-state index in [1.165, 1.54) is 4.90 Å². The third-order valence-corrected chi connectivity index (χ3v) is 3.34. The molecule has 0 aromatic rings. The van der Waals surface area contributed by atoms with Crippen LogP contribution in [-0.2, 0) is 4.79 Å². The number of urea groups is 1. The summed E-state index contributed by atoms with van der Waals surface area (Å²) in [4.78, 5) is 27.8. The van der Waals surface area contributed by atoms with E-state index >= 15 is 0 Å².